The third-order valence-electron chi connectivity index (χ3n) is 5.88. The van der Waals surface area contributed by atoms with Crippen molar-refractivity contribution in [3.63, 3.8) is 0 Å². The van der Waals surface area contributed by atoms with Gasteiger partial charge in [-0.2, -0.15) is 0 Å². The highest BCUT2D eigenvalue weighted by Gasteiger charge is 2.38. The number of fused-ring (bicyclic) bond motifs is 1. The van der Waals surface area contributed by atoms with E-state index in [-0.39, 0.29) is 29.6 Å². The first-order valence-corrected chi connectivity index (χ1v) is 11.1. The number of phenolic OH excluding ortho intramolecular Hbond substituents is 1. The second-order valence-electron chi connectivity index (χ2n) is 7.98. The minimum Gasteiger partial charge on any atom is -0.508 e. The molecule has 1 aliphatic rings. The summed E-state index contributed by atoms with van der Waals surface area (Å²) in [5.41, 5.74) is 3.00. The summed E-state index contributed by atoms with van der Waals surface area (Å²) in [6.07, 6.45) is 0.959. The number of carbonyl (C=O) groups excluding carboxylic acids is 2. The van der Waals surface area contributed by atoms with Gasteiger partial charge >= 0.3 is 0 Å². The predicted molar refractivity (Wildman–Crippen MR) is 127 cm³/mol. The summed E-state index contributed by atoms with van der Waals surface area (Å²) in [4.78, 5) is 30.1. The van der Waals surface area contributed by atoms with Crippen LogP contribution in [0.15, 0.2) is 72.8 Å². The van der Waals surface area contributed by atoms with Crippen LogP contribution in [0.2, 0.25) is 5.02 Å². The molecule has 5 nitrogen and oxygen atoms in total. The molecule has 2 atom stereocenters. The maximum absolute atomic E-state index is 13.4. The van der Waals surface area contributed by atoms with E-state index in [1.54, 1.807) is 29.2 Å². The van der Waals surface area contributed by atoms with Gasteiger partial charge in [-0.15, -0.1) is 0 Å². The van der Waals surface area contributed by atoms with Crippen LogP contribution in [0.4, 0.5) is 11.4 Å². The number of para-hydroxylation sites is 1. The van der Waals surface area contributed by atoms with Crippen LogP contribution in [0.5, 0.6) is 5.75 Å². The van der Waals surface area contributed by atoms with Crippen LogP contribution in [0.3, 0.4) is 0 Å². The van der Waals surface area contributed by atoms with E-state index in [0.29, 0.717) is 23.4 Å². The van der Waals surface area contributed by atoms with Gasteiger partial charge in [-0.1, -0.05) is 36.7 Å². The first-order chi connectivity index (χ1) is 15.4. The van der Waals surface area contributed by atoms with Gasteiger partial charge in [-0.25, -0.2) is 0 Å². The van der Waals surface area contributed by atoms with Crippen LogP contribution in [0.1, 0.15) is 48.7 Å². The zero-order valence-electron chi connectivity index (χ0n) is 18.0. The van der Waals surface area contributed by atoms with E-state index < -0.39 is 0 Å². The van der Waals surface area contributed by atoms with Crippen molar-refractivity contribution in [3.05, 3.63) is 88.9 Å². The molecule has 0 aromatic heterocycles. The van der Waals surface area contributed by atoms with Gasteiger partial charge < -0.3 is 14.9 Å². The van der Waals surface area contributed by atoms with Crippen molar-refractivity contribution in [2.24, 2.45) is 0 Å². The van der Waals surface area contributed by atoms with Crippen molar-refractivity contribution in [2.75, 3.05) is 9.80 Å². The van der Waals surface area contributed by atoms with E-state index in [2.05, 4.69) is 0 Å². The summed E-state index contributed by atoms with van der Waals surface area (Å²) in [7, 11) is 0. The second kappa shape index (κ2) is 9.05. The van der Waals surface area contributed by atoms with Crippen LogP contribution in [0.25, 0.3) is 0 Å². The second-order valence-corrected chi connectivity index (χ2v) is 8.41. The van der Waals surface area contributed by atoms with Crippen LogP contribution >= 0.6 is 11.6 Å². The summed E-state index contributed by atoms with van der Waals surface area (Å²) in [6.45, 7) is 3.85. The normalized spacial score (nSPS) is 17.5. The summed E-state index contributed by atoms with van der Waals surface area (Å²) in [6, 6.07) is 20.9. The van der Waals surface area contributed by atoms with Gasteiger partial charge in [0.2, 0.25) is 5.91 Å². The fourth-order valence-corrected chi connectivity index (χ4v) is 4.47. The lowest BCUT2D eigenvalue weighted by Crippen LogP contribution is -2.47. The Labute approximate surface area is 192 Å². The zero-order chi connectivity index (χ0) is 22.8. The maximum Gasteiger partial charge on any atom is 0.258 e. The molecule has 1 N–H and O–H groups in total. The number of phenols is 1. The molecule has 3 aromatic carbocycles. The lowest BCUT2D eigenvalue weighted by molar-refractivity contribution is -0.118. The highest BCUT2D eigenvalue weighted by Crippen LogP contribution is 2.43. The molecule has 0 saturated carbocycles. The molecule has 1 unspecified atom stereocenters. The smallest absolute Gasteiger partial charge is 0.258 e. The highest BCUT2D eigenvalue weighted by atomic mass is 35.5. The quantitative estimate of drug-likeness (QED) is 0.535. The van der Waals surface area contributed by atoms with Gasteiger partial charge in [0.1, 0.15) is 5.75 Å². The van der Waals surface area contributed by atoms with Crippen LogP contribution in [-0.4, -0.2) is 23.0 Å². The number of anilines is 2. The molecule has 0 saturated heterocycles. The summed E-state index contributed by atoms with van der Waals surface area (Å²) in [5, 5.41) is 10.2. The Bertz CT molecular complexity index is 1130. The van der Waals surface area contributed by atoms with Crippen molar-refractivity contribution in [1.29, 1.82) is 0 Å². The number of amides is 2. The van der Waals surface area contributed by atoms with E-state index in [0.717, 1.165) is 16.9 Å². The molecule has 0 bridgehead atoms. The van der Waals surface area contributed by atoms with Crippen molar-refractivity contribution in [3.8, 4) is 5.75 Å². The zero-order valence-corrected chi connectivity index (χ0v) is 18.8. The molecule has 0 spiro atoms. The number of hydrogen-bond acceptors (Lipinski definition) is 3. The number of aromatic hydroxyl groups is 1. The molecule has 3 aromatic rings. The van der Waals surface area contributed by atoms with Crippen molar-refractivity contribution in [1.82, 2.24) is 0 Å². The van der Waals surface area contributed by atoms with Crippen molar-refractivity contribution >= 4 is 34.8 Å². The molecule has 0 aliphatic carbocycles. The van der Waals surface area contributed by atoms with Gasteiger partial charge in [-0.05, 0) is 73.5 Å². The van der Waals surface area contributed by atoms with E-state index in [4.69, 9.17) is 11.6 Å². The molecule has 4 rings (SSSR count). The molecule has 1 heterocycles. The Morgan fingerprint density at radius 1 is 1.03 bits per heavy atom. The standard InChI is InChI=1S/C26H25ClN2O3/c1-3-25(31)29(20-12-10-19(27)11-13-20)24-16-17(2)28(23-7-5-4-6-22(23)24)26(32)18-8-14-21(30)15-9-18/h4-15,17,24,30H,3,16H2,1-2H3/t17?,24-/m0/s1. The summed E-state index contributed by atoms with van der Waals surface area (Å²) < 4.78 is 0. The summed E-state index contributed by atoms with van der Waals surface area (Å²) in [5.74, 6) is -0.00807. The van der Waals surface area contributed by atoms with Crippen LogP contribution in [-0.2, 0) is 4.79 Å². The van der Waals surface area contributed by atoms with Crippen molar-refractivity contribution in [2.45, 2.75) is 38.8 Å². The SMILES string of the molecule is CCC(=O)N(c1ccc(Cl)cc1)[C@H]1CC(C)N(C(=O)c2ccc(O)cc2)c2ccccc21. The third kappa shape index (κ3) is 4.08. The molecule has 6 heteroatoms. The van der Waals surface area contributed by atoms with Crippen molar-refractivity contribution < 1.29 is 14.7 Å². The van der Waals surface area contributed by atoms with Gasteiger partial charge in [0.05, 0.1) is 6.04 Å². The number of halogens is 1. The number of hydrogen-bond donors (Lipinski definition) is 1. The number of carbonyl (C=O) groups is 2. The molecule has 0 fully saturated rings. The average Bonchev–Trinajstić information content (AvgIpc) is 2.80. The summed E-state index contributed by atoms with van der Waals surface area (Å²) >= 11 is 6.08. The molecule has 1 aliphatic heterocycles. The molecular weight excluding hydrogens is 424 g/mol. The topological polar surface area (TPSA) is 60.9 Å². The van der Waals surface area contributed by atoms with E-state index in [9.17, 15) is 14.7 Å². The lowest BCUT2D eigenvalue weighted by Gasteiger charge is -2.43. The maximum atomic E-state index is 13.4. The third-order valence-corrected chi connectivity index (χ3v) is 6.13. The molecular formula is C26H25ClN2O3. The minimum absolute atomic E-state index is 0.0117. The molecule has 32 heavy (non-hydrogen) atoms. The Balaban J connectivity index is 1.78. The van der Waals surface area contributed by atoms with Crippen LogP contribution in [0, 0.1) is 0 Å². The predicted octanol–water partition coefficient (Wildman–Crippen LogP) is 5.97. The molecule has 0 radical (unpaired) electrons. The highest BCUT2D eigenvalue weighted by molar-refractivity contribution is 6.30. The Kier molecular flexibility index (Phi) is 6.19. The molecule has 164 valence electrons. The largest absolute Gasteiger partial charge is 0.508 e. The lowest BCUT2D eigenvalue weighted by atomic mass is 9.89. The average molecular weight is 449 g/mol. The minimum atomic E-state index is -0.210. The Morgan fingerprint density at radius 2 is 1.69 bits per heavy atom. The fourth-order valence-electron chi connectivity index (χ4n) is 4.35. The van der Waals surface area contributed by atoms with Gasteiger partial charge in [0.25, 0.3) is 5.91 Å². The number of rotatable bonds is 4. The Hall–Kier alpha value is -3.31. The van der Waals surface area contributed by atoms with E-state index in [1.165, 1.54) is 12.1 Å². The van der Waals surface area contributed by atoms with E-state index >= 15 is 0 Å². The first kappa shape index (κ1) is 21.9. The first-order valence-electron chi connectivity index (χ1n) is 10.7. The van der Waals surface area contributed by atoms with Gasteiger partial charge in [0, 0.05) is 34.4 Å². The Morgan fingerprint density at radius 3 is 2.34 bits per heavy atom. The molecule has 2 amide bonds. The van der Waals surface area contributed by atoms with Crippen LogP contribution < -0.4 is 9.80 Å². The van der Waals surface area contributed by atoms with Gasteiger partial charge in [0.15, 0.2) is 0 Å². The van der Waals surface area contributed by atoms with Gasteiger partial charge in [-0.3, -0.25) is 9.59 Å². The number of nitrogens with zero attached hydrogens (tertiary/aromatic N) is 2. The fraction of sp³-hybridized carbons (Fsp3) is 0.231. The monoisotopic (exact) mass is 448 g/mol. The van der Waals surface area contributed by atoms with E-state index in [1.807, 2.05) is 55.1 Å². The number of benzene rings is 3.